The highest BCUT2D eigenvalue weighted by Gasteiger charge is 2.65. The van der Waals surface area contributed by atoms with E-state index in [4.69, 9.17) is 0 Å². The van der Waals surface area contributed by atoms with Crippen LogP contribution in [0.4, 0.5) is 26.3 Å². The lowest BCUT2D eigenvalue weighted by molar-refractivity contribution is -0.161. The second-order valence-corrected chi connectivity index (χ2v) is 12.5. The van der Waals surface area contributed by atoms with E-state index in [2.05, 4.69) is 19.9 Å². The molecule has 0 atom stereocenters. The molecule has 1 N–H and O–H groups in total. The summed E-state index contributed by atoms with van der Waals surface area (Å²) in [6.45, 7) is 1.39. The molecule has 0 bridgehead atoms. The molecule has 4 heterocycles. The van der Waals surface area contributed by atoms with Crippen molar-refractivity contribution < 1.29 is 34.8 Å². The molecule has 0 radical (unpaired) electrons. The molecular weight excluding hydrogens is 576 g/mol. The number of halogens is 6. The van der Waals surface area contributed by atoms with Crippen molar-refractivity contribution in [1.29, 1.82) is 0 Å². The van der Waals surface area contributed by atoms with Crippen LogP contribution in [0, 0.1) is 0 Å². The predicted octanol–water partition coefficient (Wildman–Crippen LogP) is 5.59. The lowest BCUT2D eigenvalue weighted by atomic mass is 9.99. The van der Waals surface area contributed by atoms with Crippen LogP contribution in [0.25, 0.3) is 33.7 Å². The smallest absolute Gasteiger partial charge is 0.336 e. The molecular formula is C26H21F6N5O3S. The maximum absolute atomic E-state index is 13.8. The minimum Gasteiger partial charge on any atom is -0.336 e. The lowest BCUT2D eigenvalue weighted by Crippen LogP contribution is -2.29. The predicted molar refractivity (Wildman–Crippen MR) is 135 cm³/mol. The quantitative estimate of drug-likeness (QED) is 0.290. The van der Waals surface area contributed by atoms with Gasteiger partial charge >= 0.3 is 12.4 Å². The van der Waals surface area contributed by atoms with Crippen LogP contribution in [0.1, 0.15) is 50.0 Å². The molecule has 216 valence electrons. The first-order chi connectivity index (χ1) is 19.2. The standard InChI is InChI=1S/C26H21F6N5O3S/c1-2-41(39,40)17-9-14(13-3-6-18(33-11-13)24(7-8-24)26(30,31)32)12-34-21(17)22-35-16-10-19(25(27,28)29)37(15-4-5-15)23(38)20(16)36-22/h3,6,9-12,15H,2,4-5,7-8H2,1H3,(H,35,36). The molecule has 0 unspecified atom stereocenters. The molecule has 0 aromatic carbocycles. The van der Waals surface area contributed by atoms with Crippen LogP contribution in [-0.4, -0.2) is 44.8 Å². The summed E-state index contributed by atoms with van der Waals surface area (Å²) in [6.07, 6.45) is -6.07. The van der Waals surface area contributed by atoms with Crippen LogP contribution in [0.2, 0.25) is 0 Å². The normalized spacial score (nSPS) is 17.2. The summed E-state index contributed by atoms with van der Waals surface area (Å²) in [5.41, 5.74) is -4.36. The van der Waals surface area contributed by atoms with Gasteiger partial charge in [0.2, 0.25) is 0 Å². The second-order valence-electron chi connectivity index (χ2n) is 10.3. The van der Waals surface area contributed by atoms with Gasteiger partial charge in [0.25, 0.3) is 5.56 Å². The number of aromatic nitrogens is 5. The highest BCUT2D eigenvalue weighted by atomic mass is 32.2. The SMILES string of the molecule is CCS(=O)(=O)c1cc(-c2ccc(C3(C(F)(F)F)CC3)nc2)cnc1-c1nc2c(=O)n(C3CC3)c(C(F)(F)F)cc2[nH]1. The summed E-state index contributed by atoms with van der Waals surface area (Å²) in [7, 11) is -3.99. The average Bonchev–Trinajstić information content (AvgIpc) is 3.84. The molecule has 4 aromatic heterocycles. The molecule has 0 spiro atoms. The van der Waals surface area contributed by atoms with Crippen molar-refractivity contribution in [3.63, 3.8) is 0 Å². The third kappa shape index (κ3) is 4.50. The maximum atomic E-state index is 13.8. The zero-order valence-corrected chi connectivity index (χ0v) is 22.1. The third-order valence-corrected chi connectivity index (χ3v) is 9.31. The third-order valence-electron chi connectivity index (χ3n) is 7.57. The summed E-state index contributed by atoms with van der Waals surface area (Å²) in [6, 6.07) is 4.08. The maximum Gasteiger partial charge on any atom is 0.431 e. The van der Waals surface area contributed by atoms with Gasteiger partial charge < -0.3 is 4.98 Å². The molecule has 4 aromatic rings. The number of hydrogen-bond acceptors (Lipinski definition) is 6. The van der Waals surface area contributed by atoms with Gasteiger partial charge in [0.05, 0.1) is 21.9 Å². The summed E-state index contributed by atoms with van der Waals surface area (Å²) in [5, 5.41) is 0. The number of hydrogen-bond donors (Lipinski definition) is 1. The van der Waals surface area contributed by atoms with E-state index in [1.54, 1.807) is 0 Å². The number of imidazole rings is 1. The Bertz CT molecular complexity index is 1850. The van der Waals surface area contributed by atoms with Crippen molar-refractivity contribution in [3.8, 4) is 22.6 Å². The van der Waals surface area contributed by atoms with Crippen molar-refractivity contribution in [3.05, 3.63) is 58.4 Å². The molecule has 15 heteroatoms. The Hall–Kier alpha value is -3.75. The number of rotatable bonds is 6. The topological polar surface area (TPSA) is 111 Å². The number of nitrogens with one attached hydrogen (secondary N) is 1. The Balaban J connectivity index is 1.46. The summed E-state index contributed by atoms with van der Waals surface area (Å²) < 4.78 is 108. The first-order valence-electron chi connectivity index (χ1n) is 12.7. The average molecular weight is 598 g/mol. The molecule has 2 aliphatic carbocycles. The zero-order chi connectivity index (χ0) is 29.5. The number of aromatic amines is 1. The number of fused-ring (bicyclic) bond motifs is 1. The monoisotopic (exact) mass is 597 g/mol. The Labute approximate surface area is 228 Å². The number of alkyl halides is 6. The van der Waals surface area contributed by atoms with Crippen LogP contribution in [0.3, 0.4) is 0 Å². The van der Waals surface area contributed by atoms with E-state index in [1.165, 1.54) is 37.5 Å². The molecule has 2 fully saturated rings. The van der Waals surface area contributed by atoms with E-state index in [0.717, 1.165) is 6.07 Å². The van der Waals surface area contributed by atoms with E-state index >= 15 is 0 Å². The van der Waals surface area contributed by atoms with E-state index in [9.17, 15) is 39.6 Å². The molecule has 8 nitrogen and oxygen atoms in total. The Morgan fingerprint density at radius 1 is 1.02 bits per heavy atom. The van der Waals surface area contributed by atoms with E-state index < -0.39 is 44.9 Å². The highest BCUT2D eigenvalue weighted by molar-refractivity contribution is 7.91. The van der Waals surface area contributed by atoms with Gasteiger partial charge in [-0.3, -0.25) is 19.3 Å². The molecule has 2 saturated carbocycles. The number of sulfone groups is 1. The van der Waals surface area contributed by atoms with Crippen LogP contribution in [0.5, 0.6) is 0 Å². The Morgan fingerprint density at radius 3 is 2.24 bits per heavy atom. The van der Waals surface area contributed by atoms with Crippen molar-refractivity contribution in [2.45, 2.75) is 61.3 Å². The fraction of sp³-hybridized carbons (Fsp3) is 0.385. The fourth-order valence-electron chi connectivity index (χ4n) is 4.94. The van der Waals surface area contributed by atoms with Crippen LogP contribution < -0.4 is 5.56 Å². The van der Waals surface area contributed by atoms with Gasteiger partial charge in [-0.15, -0.1) is 0 Å². The molecule has 0 saturated heterocycles. The van der Waals surface area contributed by atoms with Crippen LogP contribution in [-0.2, 0) is 21.4 Å². The van der Waals surface area contributed by atoms with Crippen molar-refractivity contribution >= 4 is 20.9 Å². The van der Waals surface area contributed by atoms with E-state index in [1.807, 2.05) is 0 Å². The minimum absolute atomic E-state index is 0.0638. The minimum atomic E-state index is -4.80. The van der Waals surface area contributed by atoms with Crippen molar-refractivity contribution in [2.24, 2.45) is 0 Å². The summed E-state index contributed by atoms with van der Waals surface area (Å²) >= 11 is 0. The lowest BCUT2D eigenvalue weighted by Gasteiger charge is -2.18. The van der Waals surface area contributed by atoms with Gasteiger partial charge in [-0.05, 0) is 43.9 Å². The Morgan fingerprint density at radius 2 is 1.71 bits per heavy atom. The van der Waals surface area contributed by atoms with Gasteiger partial charge in [-0.1, -0.05) is 13.0 Å². The molecule has 6 rings (SSSR count). The largest absolute Gasteiger partial charge is 0.431 e. The zero-order valence-electron chi connectivity index (χ0n) is 21.3. The molecule has 2 aliphatic rings. The fourth-order valence-corrected chi connectivity index (χ4v) is 6.00. The first kappa shape index (κ1) is 27.4. The summed E-state index contributed by atoms with van der Waals surface area (Å²) in [5.74, 6) is -0.574. The molecule has 41 heavy (non-hydrogen) atoms. The first-order valence-corrected chi connectivity index (χ1v) is 14.3. The van der Waals surface area contributed by atoms with E-state index in [-0.39, 0.29) is 57.3 Å². The van der Waals surface area contributed by atoms with Crippen LogP contribution in [0.15, 0.2) is 46.3 Å². The van der Waals surface area contributed by atoms with Gasteiger partial charge in [0.15, 0.2) is 21.2 Å². The van der Waals surface area contributed by atoms with Gasteiger partial charge in [0, 0.05) is 29.6 Å². The Kier molecular flexibility index (Phi) is 5.93. The summed E-state index contributed by atoms with van der Waals surface area (Å²) in [4.78, 5) is 27.7. The van der Waals surface area contributed by atoms with Crippen molar-refractivity contribution in [1.82, 2.24) is 24.5 Å². The van der Waals surface area contributed by atoms with Gasteiger partial charge in [-0.2, -0.15) is 26.3 Å². The van der Waals surface area contributed by atoms with Gasteiger partial charge in [0.1, 0.15) is 16.8 Å². The number of pyridine rings is 3. The highest BCUT2D eigenvalue weighted by Crippen LogP contribution is 2.58. The number of nitrogens with zero attached hydrogens (tertiary/aromatic N) is 4. The second kappa shape index (κ2) is 8.87. The van der Waals surface area contributed by atoms with Crippen LogP contribution >= 0.6 is 0 Å². The van der Waals surface area contributed by atoms with Gasteiger partial charge in [-0.25, -0.2) is 13.4 Å². The molecule has 0 aliphatic heterocycles. The number of H-pyrrole nitrogens is 1. The van der Waals surface area contributed by atoms with Crippen molar-refractivity contribution in [2.75, 3.05) is 5.75 Å². The van der Waals surface area contributed by atoms with E-state index in [0.29, 0.717) is 23.0 Å². The molecule has 0 amide bonds.